The molecule has 24 heavy (non-hydrogen) atoms. The van der Waals surface area contributed by atoms with Gasteiger partial charge in [0.15, 0.2) is 6.10 Å². The van der Waals surface area contributed by atoms with Crippen molar-refractivity contribution in [3.63, 3.8) is 0 Å². The predicted octanol–water partition coefficient (Wildman–Crippen LogP) is 2.43. The van der Waals surface area contributed by atoms with Crippen LogP contribution in [0, 0.1) is 5.41 Å². The van der Waals surface area contributed by atoms with E-state index in [1.165, 1.54) is 6.92 Å². The molecule has 1 N–H and O–H groups in total. The van der Waals surface area contributed by atoms with Crippen LogP contribution in [0.1, 0.15) is 38.8 Å². The van der Waals surface area contributed by atoms with Crippen molar-refractivity contribution >= 4 is 22.8 Å². The van der Waals surface area contributed by atoms with Crippen molar-refractivity contribution in [3.05, 3.63) is 29.5 Å². The topological polar surface area (TPSA) is 75.3 Å². The normalized spacial score (nSPS) is 18.4. The summed E-state index contributed by atoms with van der Waals surface area (Å²) < 4.78 is 5.33. The number of aromatic nitrogens is 2. The van der Waals surface area contributed by atoms with Crippen LogP contribution in [0.5, 0.6) is 0 Å². The third kappa shape index (κ3) is 3.27. The van der Waals surface area contributed by atoms with Crippen LogP contribution in [-0.4, -0.2) is 39.6 Å². The number of carbonyl (C=O) groups is 2. The molecule has 1 unspecified atom stereocenters. The van der Waals surface area contributed by atoms with E-state index in [1.807, 2.05) is 12.1 Å². The highest BCUT2D eigenvalue weighted by Gasteiger charge is 2.34. The van der Waals surface area contributed by atoms with Crippen molar-refractivity contribution in [1.29, 1.82) is 0 Å². The van der Waals surface area contributed by atoms with Gasteiger partial charge in [-0.1, -0.05) is 26.8 Å². The van der Waals surface area contributed by atoms with E-state index in [0.29, 0.717) is 19.5 Å². The van der Waals surface area contributed by atoms with Gasteiger partial charge in [0.05, 0.1) is 11.7 Å². The summed E-state index contributed by atoms with van der Waals surface area (Å²) in [4.78, 5) is 26.2. The van der Waals surface area contributed by atoms with E-state index in [9.17, 15) is 9.59 Å². The molecule has 0 radical (unpaired) electrons. The lowest BCUT2D eigenvalue weighted by Gasteiger charge is -2.30. The minimum atomic E-state index is -0.768. The molecule has 1 atom stereocenters. The summed E-state index contributed by atoms with van der Waals surface area (Å²) >= 11 is 0. The lowest BCUT2D eigenvalue weighted by molar-refractivity contribution is -0.159. The molecular weight excluding hydrogens is 306 g/mol. The fourth-order valence-electron chi connectivity index (χ4n) is 3.26. The van der Waals surface area contributed by atoms with Gasteiger partial charge in [-0.25, -0.2) is 0 Å². The van der Waals surface area contributed by atoms with Crippen LogP contribution in [0.2, 0.25) is 0 Å². The molecule has 1 aromatic heterocycles. The smallest absolute Gasteiger partial charge is 0.303 e. The number of nitrogens with one attached hydrogen (secondary N) is 1. The highest BCUT2D eigenvalue weighted by molar-refractivity contribution is 5.88. The molecular formula is C18H23N3O3. The first kappa shape index (κ1) is 16.5. The van der Waals surface area contributed by atoms with Crippen LogP contribution in [-0.2, 0) is 27.3 Å². The van der Waals surface area contributed by atoms with E-state index in [0.717, 1.165) is 22.0 Å². The first-order chi connectivity index (χ1) is 11.2. The summed E-state index contributed by atoms with van der Waals surface area (Å²) in [6.07, 6.45) is 1.42. The Balaban J connectivity index is 2.06. The van der Waals surface area contributed by atoms with E-state index in [-0.39, 0.29) is 11.3 Å². The average Bonchev–Trinajstić information content (AvgIpc) is 2.89. The van der Waals surface area contributed by atoms with Gasteiger partial charge < -0.3 is 9.64 Å². The molecule has 3 rings (SSSR count). The summed E-state index contributed by atoms with van der Waals surface area (Å²) in [5, 5.41) is 8.10. The van der Waals surface area contributed by atoms with Crippen LogP contribution in [0.4, 0.5) is 0 Å². The van der Waals surface area contributed by atoms with E-state index in [2.05, 4.69) is 31.0 Å². The monoisotopic (exact) mass is 329 g/mol. The Morgan fingerprint density at radius 3 is 2.83 bits per heavy atom. The Morgan fingerprint density at radius 2 is 2.17 bits per heavy atom. The van der Waals surface area contributed by atoms with E-state index >= 15 is 0 Å². The number of rotatable bonds is 2. The van der Waals surface area contributed by atoms with E-state index in [4.69, 9.17) is 4.74 Å². The molecule has 0 aliphatic carbocycles. The molecule has 1 amide bonds. The number of nitrogens with zero attached hydrogens (tertiary/aromatic N) is 2. The molecule has 1 aliphatic heterocycles. The Labute approximate surface area is 141 Å². The third-order valence-electron chi connectivity index (χ3n) is 4.15. The summed E-state index contributed by atoms with van der Waals surface area (Å²) in [6, 6.07) is 3.94. The minimum absolute atomic E-state index is 0.0504. The number of fused-ring (bicyclic) bond motifs is 3. The van der Waals surface area contributed by atoms with Gasteiger partial charge in [-0.05, 0) is 22.6 Å². The summed E-state index contributed by atoms with van der Waals surface area (Å²) in [6.45, 7) is 8.70. The van der Waals surface area contributed by atoms with Gasteiger partial charge in [-0.2, -0.15) is 5.10 Å². The van der Waals surface area contributed by atoms with Gasteiger partial charge in [0.25, 0.3) is 5.91 Å². The Bertz CT molecular complexity index is 788. The lowest BCUT2D eigenvalue weighted by Crippen LogP contribution is -2.43. The molecule has 128 valence electrons. The SMILES string of the molecule is CC(=O)OC1Cc2ccc3[nH]ncc3c2CN(CC(C)(C)C)C1=O. The fraction of sp³-hybridized carbons (Fsp3) is 0.500. The second-order valence-corrected chi connectivity index (χ2v) is 7.59. The molecule has 1 aromatic carbocycles. The number of aromatic amines is 1. The largest absolute Gasteiger partial charge is 0.452 e. The Hall–Kier alpha value is -2.37. The molecule has 2 aromatic rings. The quantitative estimate of drug-likeness (QED) is 0.859. The third-order valence-corrected chi connectivity index (χ3v) is 4.15. The predicted molar refractivity (Wildman–Crippen MR) is 90.2 cm³/mol. The van der Waals surface area contributed by atoms with Crippen LogP contribution in [0.25, 0.3) is 10.9 Å². The molecule has 0 bridgehead atoms. The zero-order valence-electron chi connectivity index (χ0n) is 14.5. The van der Waals surface area contributed by atoms with Crippen LogP contribution in [0.15, 0.2) is 18.3 Å². The number of hydrogen-bond acceptors (Lipinski definition) is 4. The molecule has 0 fully saturated rings. The number of hydrogen-bond donors (Lipinski definition) is 1. The number of esters is 1. The van der Waals surface area contributed by atoms with E-state index in [1.54, 1.807) is 11.1 Å². The molecule has 2 heterocycles. The number of carbonyl (C=O) groups excluding carboxylic acids is 2. The first-order valence-corrected chi connectivity index (χ1v) is 8.14. The summed E-state index contributed by atoms with van der Waals surface area (Å²) in [7, 11) is 0. The van der Waals surface area contributed by atoms with Crippen molar-refractivity contribution in [2.75, 3.05) is 6.54 Å². The summed E-state index contributed by atoms with van der Waals surface area (Å²) in [5.41, 5.74) is 3.00. The average molecular weight is 329 g/mol. The molecule has 6 nitrogen and oxygen atoms in total. The van der Waals surface area contributed by atoms with E-state index < -0.39 is 12.1 Å². The Morgan fingerprint density at radius 1 is 1.42 bits per heavy atom. The minimum Gasteiger partial charge on any atom is -0.452 e. The standard InChI is InChI=1S/C18H23N3O3/c1-11(22)24-16-7-12-5-6-15-13(8-19-20-15)14(12)9-21(17(16)23)10-18(2,3)4/h5-6,8,16H,7,9-10H2,1-4H3,(H,19,20). The van der Waals surface area contributed by atoms with Crippen LogP contribution < -0.4 is 0 Å². The first-order valence-electron chi connectivity index (χ1n) is 8.14. The van der Waals surface area contributed by atoms with Gasteiger partial charge >= 0.3 is 5.97 Å². The zero-order valence-corrected chi connectivity index (χ0v) is 14.5. The van der Waals surface area contributed by atoms with Gasteiger partial charge in [0.2, 0.25) is 0 Å². The van der Waals surface area contributed by atoms with Crippen LogP contribution in [0.3, 0.4) is 0 Å². The summed E-state index contributed by atoms with van der Waals surface area (Å²) in [5.74, 6) is -0.565. The van der Waals surface area contributed by atoms with Crippen molar-refractivity contribution < 1.29 is 14.3 Å². The highest BCUT2D eigenvalue weighted by atomic mass is 16.5. The number of H-pyrrole nitrogens is 1. The van der Waals surface area contributed by atoms with Gasteiger partial charge in [0.1, 0.15) is 0 Å². The molecule has 0 saturated heterocycles. The van der Waals surface area contributed by atoms with Crippen molar-refractivity contribution in [3.8, 4) is 0 Å². The fourth-order valence-corrected chi connectivity index (χ4v) is 3.26. The van der Waals surface area contributed by atoms with Crippen molar-refractivity contribution in [1.82, 2.24) is 15.1 Å². The number of ether oxygens (including phenoxy) is 1. The highest BCUT2D eigenvalue weighted by Crippen LogP contribution is 2.29. The maximum atomic E-state index is 12.9. The second-order valence-electron chi connectivity index (χ2n) is 7.59. The molecule has 0 spiro atoms. The van der Waals surface area contributed by atoms with Crippen molar-refractivity contribution in [2.24, 2.45) is 5.41 Å². The maximum absolute atomic E-state index is 12.9. The maximum Gasteiger partial charge on any atom is 0.303 e. The lowest BCUT2D eigenvalue weighted by atomic mass is 9.95. The molecule has 0 saturated carbocycles. The van der Waals surface area contributed by atoms with Gasteiger partial charge in [-0.15, -0.1) is 0 Å². The number of benzene rings is 1. The zero-order chi connectivity index (χ0) is 17.5. The van der Waals surface area contributed by atoms with Crippen molar-refractivity contribution in [2.45, 2.75) is 46.8 Å². The Kier molecular flexibility index (Phi) is 4.07. The molecule has 1 aliphatic rings. The number of amides is 1. The molecule has 6 heteroatoms. The van der Waals surface area contributed by atoms with Gasteiger partial charge in [0, 0.05) is 31.8 Å². The van der Waals surface area contributed by atoms with Gasteiger partial charge in [-0.3, -0.25) is 14.7 Å². The van der Waals surface area contributed by atoms with Crippen LogP contribution >= 0.6 is 0 Å². The second kappa shape index (κ2) is 5.92.